The van der Waals surface area contributed by atoms with E-state index in [9.17, 15) is 0 Å². The summed E-state index contributed by atoms with van der Waals surface area (Å²) in [5.41, 5.74) is 5.72. The second-order valence-corrected chi connectivity index (χ2v) is 3.91. The average molecular weight is 224 g/mol. The molecule has 0 radical (unpaired) electrons. The number of aromatic nitrogens is 2. The molecule has 90 valence electrons. The van der Waals surface area contributed by atoms with Crippen molar-refractivity contribution in [2.24, 2.45) is 5.73 Å². The molecular formula is C11H20N4O. The minimum absolute atomic E-state index is 0.164. The number of ether oxygens (including phenoxy) is 1. The van der Waals surface area contributed by atoms with E-state index in [1.54, 1.807) is 12.3 Å². The molecule has 2 unspecified atom stereocenters. The molecule has 0 amide bonds. The highest BCUT2D eigenvalue weighted by Gasteiger charge is 2.07. The first-order valence-electron chi connectivity index (χ1n) is 5.59. The van der Waals surface area contributed by atoms with Gasteiger partial charge in [-0.15, -0.1) is 0 Å². The van der Waals surface area contributed by atoms with E-state index in [0.29, 0.717) is 18.4 Å². The summed E-state index contributed by atoms with van der Waals surface area (Å²) >= 11 is 0. The highest BCUT2D eigenvalue weighted by Crippen LogP contribution is 2.10. The maximum absolute atomic E-state index is 5.72. The molecule has 0 aliphatic rings. The summed E-state index contributed by atoms with van der Waals surface area (Å²) in [5, 5.41) is 3.19. The third kappa shape index (κ3) is 4.44. The van der Waals surface area contributed by atoms with E-state index < -0.39 is 0 Å². The van der Waals surface area contributed by atoms with Crippen molar-refractivity contribution in [3.63, 3.8) is 0 Å². The van der Waals surface area contributed by atoms with Gasteiger partial charge < -0.3 is 15.8 Å². The summed E-state index contributed by atoms with van der Waals surface area (Å²) < 4.78 is 5.29. The van der Waals surface area contributed by atoms with Gasteiger partial charge in [-0.2, -0.15) is 4.98 Å². The predicted molar refractivity (Wildman–Crippen MR) is 64.6 cm³/mol. The molecule has 1 aromatic rings. The standard InChI is InChI=1S/C11H20N4O/c1-4-16-10-5-6-13-11(15-10)14-9(3)7-8(2)12/h5-6,8-9H,4,7,12H2,1-3H3,(H,13,14,15). The van der Waals surface area contributed by atoms with Crippen LogP contribution in [0.15, 0.2) is 12.3 Å². The zero-order chi connectivity index (χ0) is 12.0. The lowest BCUT2D eigenvalue weighted by Gasteiger charge is -2.15. The van der Waals surface area contributed by atoms with Gasteiger partial charge in [-0.25, -0.2) is 4.98 Å². The molecule has 0 fully saturated rings. The van der Waals surface area contributed by atoms with Crippen LogP contribution >= 0.6 is 0 Å². The normalized spacial score (nSPS) is 14.2. The highest BCUT2D eigenvalue weighted by molar-refractivity contribution is 5.28. The minimum atomic E-state index is 0.164. The third-order valence-corrected chi connectivity index (χ3v) is 2.02. The van der Waals surface area contributed by atoms with E-state index in [-0.39, 0.29) is 12.1 Å². The molecule has 1 heterocycles. The highest BCUT2D eigenvalue weighted by atomic mass is 16.5. The van der Waals surface area contributed by atoms with Crippen molar-refractivity contribution in [3.05, 3.63) is 12.3 Å². The van der Waals surface area contributed by atoms with E-state index in [2.05, 4.69) is 22.2 Å². The molecule has 0 aliphatic carbocycles. The van der Waals surface area contributed by atoms with Crippen LogP contribution in [0, 0.1) is 0 Å². The molecule has 1 aromatic heterocycles. The second-order valence-electron chi connectivity index (χ2n) is 3.91. The minimum Gasteiger partial charge on any atom is -0.478 e. The van der Waals surface area contributed by atoms with Gasteiger partial charge in [0.2, 0.25) is 11.8 Å². The van der Waals surface area contributed by atoms with E-state index in [0.717, 1.165) is 6.42 Å². The Morgan fingerprint density at radius 2 is 2.25 bits per heavy atom. The van der Waals surface area contributed by atoms with Gasteiger partial charge in [-0.1, -0.05) is 0 Å². The van der Waals surface area contributed by atoms with E-state index in [1.807, 2.05) is 13.8 Å². The Labute approximate surface area is 96.4 Å². The number of nitrogens with two attached hydrogens (primary N) is 1. The lowest BCUT2D eigenvalue weighted by molar-refractivity contribution is 0.326. The van der Waals surface area contributed by atoms with Gasteiger partial charge >= 0.3 is 0 Å². The molecule has 0 saturated heterocycles. The summed E-state index contributed by atoms with van der Waals surface area (Å²) in [6.45, 7) is 6.56. The molecule has 0 aliphatic heterocycles. The van der Waals surface area contributed by atoms with Gasteiger partial charge in [0, 0.05) is 24.3 Å². The molecule has 0 spiro atoms. The fourth-order valence-electron chi connectivity index (χ4n) is 1.48. The molecule has 16 heavy (non-hydrogen) atoms. The van der Waals surface area contributed by atoms with Crippen molar-refractivity contribution < 1.29 is 4.74 Å². The molecule has 5 heteroatoms. The third-order valence-electron chi connectivity index (χ3n) is 2.02. The fourth-order valence-corrected chi connectivity index (χ4v) is 1.48. The van der Waals surface area contributed by atoms with Crippen LogP contribution in [0.1, 0.15) is 27.2 Å². The summed E-state index contributed by atoms with van der Waals surface area (Å²) in [4.78, 5) is 8.35. The van der Waals surface area contributed by atoms with Crippen LogP contribution in [0.3, 0.4) is 0 Å². The van der Waals surface area contributed by atoms with Gasteiger partial charge in [0.15, 0.2) is 0 Å². The van der Waals surface area contributed by atoms with Crippen LogP contribution in [0.25, 0.3) is 0 Å². The SMILES string of the molecule is CCOc1ccnc(NC(C)CC(C)N)n1. The van der Waals surface area contributed by atoms with Crippen molar-refractivity contribution in [2.45, 2.75) is 39.3 Å². The Kier molecular flexibility index (Phi) is 4.98. The number of nitrogens with zero attached hydrogens (tertiary/aromatic N) is 2. The Bertz CT molecular complexity index is 317. The number of hydrogen-bond acceptors (Lipinski definition) is 5. The van der Waals surface area contributed by atoms with Crippen molar-refractivity contribution in [1.82, 2.24) is 9.97 Å². The molecule has 5 nitrogen and oxygen atoms in total. The van der Waals surface area contributed by atoms with Crippen LogP contribution in [0.4, 0.5) is 5.95 Å². The van der Waals surface area contributed by atoms with E-state index >= 15 is 0 Å². The van der Waals surface area contributed by atoms with Gasteiger partial charge in [-0.3, -0.25) is 0 Å². The lowest BCUT2D eigenvalue weighted by atomic mass is 10.1. The first-order chi connectivity index (χ1) is 7.61. The van der Waals surface area contributed by atoms with Crippen LogP contribution in [0.5, 0.6) is 5.88 Å². The predicted octanol–water partition coefficient (Wildman–Crippen LogP) is 1.41. The summed E-state index contributed by atoms with van der Waals surface area (Å²) in [7, 11) is 0. The maximum atomic E-state index is 5.72. The van der Waals surface area contributed by atoms with Crippen molar-refractivity contribution >= 4 is 5.95 Å². The number of nitrogens with one attached hydrogen (secondary N) is 1. The smallest absolute Gasteiger partial charge is 0.226 e. The van der Waals surface area contributed by atoms with Crippen molar-refractivity contribution in [1.29, 1.82) is 0 Å². The van der Waals surface area contributed by atoms with Gasteiger partial charge in [-0.05, 0) is 27.2 Å². The molecule has 0 saturated carbocycles. The Morgan fingerprint density at radius 3 is 2.88 bits per heavy atom. The van der Waals surface area contributed by atoms with Gasteiger partial charge in [0.25, 0.3) is 0 Å². The average Bonchev–Trinajstić information content (AvgIpc) is 2.17. The quantitative estimate of drug-likeness (QED) is 0.764. The van der Waals surface area contributed by atoms with Crippen molar-refractivity contribution in [3.8, 4) is 5.88 Å². The molecule has 0 aromatic carbocycles. The Hall–Kier alpha value is -1.36. The van der Waals surface area contributed by atoms with E-state index in [4.69, 9.17) is 10.5 Å². The molecule has 0 bridgehead atoms. The second kappa shape index (κ2) is 6.27. The van der Waals surface area contributed by atoms with Crippen LogP contribution in [-0.4, -0.2) is 28.7 Å². The topological polar surface area (TPSA) is 73.1 Å². The number of hydrogen-bond donors (Lipinski definition) is 2. The van der Waals surface area contributed by atoms with Crippen LogP contribution in [0.2, 0.25) is 0 Å². The van der Waals surface area contributed by atoms with Gasteiger partial charge in [0.1, 0.15) is 0 Å². The van der Waals surface area contributed by atoms with Crippen LogP contribution in [-0.2, 0) is 0 Å². The maximum Gasteiger partial charge on any atom is 0.226 e. The summed E-state index contributed by atoms with van der Waals surface area (Å²) in [6.07, 6.45) is 2.56. The first-order valence-corrected chi connectivity index (χ1v) is 5.59. The van der Waals surface area contributed by atoms with E-state index in [1.165, 1.54) is 0 Å². The van der Waals surface area contributed by atoms with Crippen LogP contribution < -0.4 is 15.8 Å². The zero-order valence-electron chi connectivity index (χ0n) is 10.1. The van der Waals surface area contributed by atoms with Crippen molar-refractivity contribution in [2.75, 3.05) is 11.9 Å². The first kappa shape index (κ1) is 12.7. The Morgan fingerprint density at radius 1 is 1.50 bits per heavy atom. The zero-order valence-corrected chi connectivity index (χ0v) is 10.1. The largest absolute Gasteiger partial charge is 0.478 e. The summed E-state index contributed by atoms with van der Waals surface area (Å²) in [5.74, 6) is 1.17. The molecule has 3 N–H and O–H groups in total. The monoisotopic (exact) mass is 224 g/mol. The molecule has 1 rings (SSSR count). The molecule has 2 atom stereocenters. The Balaban J connectivity index is 2.55. The lowest BCUT2D eigenvalue weighted by Crippen LogP contribution is -2.26. The number of anilines is 1. The summed E-state index contributed by atoms with van der Waals surface area (Å²) in [6, 6.07) is 2.15. The van der Waals surface area contributed by atoms with Gasteiger partial charge in [0.05, 0.1) is 6.61 Å². The molecular weight excluding hydrogens is 204 g/mol. The fraction of sp³-hybridized carbons (Fsp3) is 0.636. The number of rotatable bonds is 6.